The summed E-state index contributed by atoms with van der Waals surface area (Å²) in [5, 5.41) is 2.98. The van der Waals surface area contributed by atoms with Gasteiger partial charge in [0.15, 0.2) is 0 Å². The fraction of sp³-hybridized carbons (Fsp3) is 0.611. The summed E-state index contributed by atoms with van der Waals surface area (Å²) in [6, 6.07) is 5.09. The zero-order valence-corrected chi connectivity index (χ0v) is 14.7. The minimum atomic E-state index is -0.118. The highest BCUT2D eigenvalue weighted by molar-refractivity contribution is 5.97. The molecule has 0 bridgehead atoms. The largest absolute Gasteiger partial charge is 0.496 e. The fourth-order valence-corrected chi connectivity index (χ4v) is 2.42. The van der Waals surface area contributed by atoms with Crippen molar-refractivity contribution in [2.45, 2.75) is 39.5 Å². The topological polar surface area (TPSA) is 67.6 Å². The molecule has 1 aromatic rings. The average molecular weight is 321 g/mol. The molecule has 0 saturated heterocycles. The summed E-state index contributed by atoms with van der Waals surface area (Å²) in [6.45, 7) is 8.11. The van der Waals surface area contributed by atoms with E-state index in [1.807, 2.05) is 0 Å². The molecule has 5 heteroatoms. The summed E-state index contributed by atoms with van der Waals surface area (Å²) < 4.78 is 5.23. The molecule has 0 atom stereocenters. The number of carbonyl (C=O) groups is 1. The van der Waals surface area contributed by atoms with Crippen molar-refractivity contribution in [2.24, 2.45) is 0 Å². The van der Waals surface area contributed by atoms with Crippen molar-refractivity contribution in [3.05, 3.63) is 23.8 Å². The van der Waals surface area contributed by atoms with Crippen LogP contribution in [0, 0.1) is 0 Å². The number of unbranched alkanes of at least 4 members (excludes halogenated alkanes) is 2. The van der Waals surface area contributed by atoms with Crippen molar-refractivity contribution in [3.8, 4) is 5.75 Å². The van der Waals surface area contributed by atoms with Gasteiger partial charge in [0.2, 0.25) is 0 Å². The molecule has 0 fully saturated rings. The van der Waals surface area contributed by atoms with Crippen LogP contribution in [0.1, 0.15) is 49.9 Å². The second kappa shape index (κ2) is 10.9. The van der Waals surface area contributed by atoms with Crippen molar-refractivity contribution in [1.29, 1.82) is 0 Å². The van der Waals surface area contributed by atoms with Gasteiger partial charge < -0.3 is 20.7 Å². The van der Waals surface area contributed by atoms with Crippen molar-refractivity contribution in [2.75, 3.05) is 39.0 Å². The Morgan fingerprint density at radius 2 is 1.83 bits per heavy atom. The molecule has 0 heterocycles. The van der Waals surface area contributed by atoms with E-state index in [1.165, 1.54) is 25.7 Å². The zero-order chi connectivity index (χ0) is 17.1. The number of rotatable bonds is 11. The van der Waals surface area contributed by atoms with Crippen molar-refractivity contribution in [1.82, 2.24) is 10.2 Å². The lowest BCUT2D eigenvalue weighted by atomic mass is 10.1. The maximum absolute atomic E-state index is 12.3. The number of hydrogen-bond donors (Lipinski definition) is 2. The predicted octanol–water partition coefficient (Wildman–Crippen LogP) is 2.91. The molecule has 0 aliphatic rings. The third kappa shape index (κ3) is 6.91. The molecule has 1 rings (SSSR count). The number of ether oxygens (including phenoxy) is 1. The van der Waals surface area contributed by atoms with Crippen LogP contribution in [0.2, 0.25) is 0 Å². The summed E-state index contributed by atoms with van der Waals surface area (Å²) in [6.07, 6.45) is 4.78. The summed E-state index contributed by atoms with van der Waals surface area (Å²) in [4.78, 5) is 14.7. The average Bonchev–Trinajstić information content (AvgIpc) is 2.56. The number of benzene rings is 1. The van der Waals surface area contributed by atoms with E-state index < -0.39 is 0 Å². The first-order chi connectivity index (χ1) is 11.1. The normalized spacial score (nSPS) is 10.8. The summed E-state index contributed by atoms with van der Waals surface area (Å²) in [7, 11) is 1.54. The van der Waals surface area contributed by atoms with Crippen molar-refractivity contribution >= 4 is 11.6 Å². The number of carbonyl (C=O) groups excluding carboxylic acids is 1. The quantitative estimate of drug-likeness (QED) is 0.615. The van der Waals surface area contributed by atoms with Gasteiger partial charge in [-0.2, -0.15) is 0 Å². The third-order valence-corrected chi connectivity index (χ3v) is 3.84. The van der Waals surface area contributed by atoms with Crippen LogP contribution in [0.5, 0.6) is 5.75 Å². The summed E-state index contributed by atoms with van der Waals surface area (Å²) >= 11 is 0. The van der Waals surface area contributed by atoms with Gasteiger partial charge in [0, 0.05) is 24.8 Å². The van der Waals surface area contributed by atoms with Crippen LogP contribution in [-0.2, 0) is 0 Å². The fourth-order valence-electron chi connectivity index (χ4n) is 2.42. The lowest BCUT2D eigenvalue weighted by molar-refractivity contribution is 0.0945. The van der Waals surface area contributed by atoms with E-state index in [-0.39, 0.29) is 5.91 Å². The molecule has 23 heavy (non-hydrogen) atoms. The molecule has 0 aromatic heterocycles. The highest BCUT2D eigenvalue weighted by atomic mass is 16.5. The lowest BCUT2D eigenvalue weighted by Gasteiger charge is -2.22. The maximum Gasteiger partial charge on any atom is 0.255 e. The van der Waals surface area contributed by atoms with Crippen molar-refractivity contribution in [3.63, 3.8) is 0 Å². The number of hydrogen-bond acceptors (Lipinski definition) is 4. The molecule has 0 radical (unpaired) electrons. The second-order valence-electron chi connectivity index (χ2n) is 5.76. The molecule has 130 valence electrons. The highest BCUT2D eigenvalue weighted by Gasteiger charge is 2.12. The van der Waals surface area contributed by atoms with Crippen LogP contribution >= 0.6 is 0 Å². The summed E-state index contributed by atoms with van der Waals surface area (Å²) in [5.41, 5.74) is 6.83. The molecule has 5 nitrogen and oxygen atoms in total. The first-order valence-corrected chi connectivity index (χ1v) is 8.56. The number of anilines is 1. The molecule has 0 aliphatic carbocycles. The van der Waals surface area contributed by atoms with Crippen LogP contribution in [0.25, 0.3) is 0 Å². The third-order valence-electron chi connectivity index (χ3n) is 3.84. The first-order valence-electron chi connectivity index (χ1n) is 8.56. The van der Waals surface area contributed by atoms with Gasteiger partial charge in [-0.3, -0.25) is 4.79 Å². The Bertz CT molecular complexity index is 469. The predicted molar refractivity (Wildman–Crippen MR) is 96.0 cm³/mol. The standard InChI is InChI=1S/C18H31N3O2/c1-4-6-11-21(12-7-5-2)13-10-20-18(22)16-9-8-15(19)14-17(16)23-3/h8-9,14H,4-7,10-13,19H2,1-3H3,(H,20,22). The Morgan fingerprint density at radius 3 is 2.39 bits per heavy atom. The molecule has 1 aromatic carbocycles. The van der Waals surface area contributed by atoms with E-state index in [0.29, 0.717) is 23.5 Å². The van der Waals surface area contributed by atoms with Gasteiger partial charge >= 0.3 is 0 Å². The van der Waals surface area contributed by atoms with Gasteiger partial charge in [0.05, 0.1) is 12.7 Å². The Labute approximate surface area is 140 Å². The van der Waals surface area contributed by atoms with E-state index in [9.17, 15) is 4.79 Å². The number of amides is 1. The van der Waals surface area contributed by atoms with Crippen LogP contribution in [0.15, 0.2) is 18.2 Å². The van der Waals surface area contributed by atoms with Crippen LogP contribution < -0.4 is 15.8 Å². The minimum absolute atomic E-state index is 0.118. The Balaban J connectivity index is 2.50. The number of nitrogens with one attached hydrogen (secondary N) is 1. The number of methoxy groups -OCH3 is 1. The van der Waals surface area contributed by atoms with Crippen LogP contribution in [0.4, 0.5) is 5.69 Å². The minimum Gasteiger partial charge on any atom is -0.496 e. The lowest BCUT2D eigenvalue weighted by Crippen LogP contribution is -2.36. The monoisotopic (exact) mass is 321 g/mol. The molecule has 0 aliphatic heterocycles. The van der Waals surface area contributed by atoms with Gasteiger partial charge in [0.1, 0.15) is 5.75 Å². The van der Waals surface area contributed by atoms with Crippen LogP contribution in [-0.4, -0.2) is 44.1 Å². The Kier molecular flexibility index (Phi) is 9.14. The van der Waals surface area contributed by atoms with E-state index in [4.69, 9.17) is 10.5 Å². The molecule has 0 spiro atoms. The molecule has 1 amide bonds. The first kappa shape index (κ1) is 19.3. The van der Waals surface area contributed by atoms with Gasteiger partial charge in [-0.1, -0.05) is 26.7 Å². The maximum atomic E-state index is 12.3. The van der Waals surface area contributed by atoms with Gasteiger partial charge in [-0.25, -0.2) is 0 Å². The molecule has 3 N–H and O–H groups in total. The molecular weight excluding hydrogens is 290 g/mol. The van der Waals surface area contributed by atoms with Gasteiger partial charge in [-0.05, 0) is 38.1 Å². The van der Waals surface area contributed by atoms with E-state index in [1.54, 1.807) is 25.3 Å². The van der Waals surface area contributed by atoms with E-state index in [0.717, 1.165) is 19.6 Å². The smallest absolute Gasteiger partial charge is 0.255 e. The number of nitrogen functional groups attached to an aromatic ring is 1. The zero-order valence-electron chi connectivity index (χ0n) is 14.7. The molecule has 0 saturated carbocycles. The van der Waals surface area contributed by atoms with Gasteiger partial charge in [-0.15, -0.1) is 0 Å². The summed E-state index contributed by atoms with van der Waals surface area (Å²) in [5.74, 6) is 0.393. The Morgan fingerprint density at radius 1 is 1.17 bits per heavy atom. The van der Waals surface area contributed by atoms with Gasteiger partial charge in [0.25, 0.3) is 5.91 Å². The second-order valence-corrected chi connectivity index (χ2v) is 5.76. The van der Waals surface area contributed by atoms with E-state index in [2.05, 4.69) is 24.1 Å². The number of nitrogens with two attached hydrogens (primary N) is 1. The van der Waals surface area contributed by atoms with Crippen LogP contribution in [0.3, 0.4) is 0 Å². The van der Waals surface area contributed by atoms with Crippen molar-refractivity contribution < 1.29 is 9.53 Å². The highest BCUT2D eigenvalue weighted by Crippen LogP contribution is 2.21. The van der Waals surface area contributed by atoms with E-state index >= 15 is 0 Å². The molecule has 0 unspecified atom stereocenters. The number of nitrogens with zero attached hydrogens (tertiary/aromatic N) is 1. The SMILES string of the molecule is CCCCN(CCCC)CCNC(=O)c1ccc(N)cc1OC. The Hall–Kier alpha value is -1.75. The molecular formula is C18H31N3O2.